The Hall–Kier alpha value is -3.19. The molecule has 0 spiro atoms. The van der Waals surface area contributed by atoms with Crippen molar-refractivity contribution in [3.63, 3.8) is 0 Å². The van der Waals surface area contributed by atoms with Gasteiger partial charge in [0.15, 0.2) is 5.13 Å². The van der Waals surface area contributed by atoms with Gasteiger partial charge in [0.2, 0.25) is 5.91 Å². The number of benzene rings is 2. The minimum Gasteiger partial charge on any atom is -0.356 e. The van der Waals surface area contributed by atoms with Crippen molar-refractivity contribution in [1.82, 2.24) is 4.98 Å². The highest BCUT2D eigenvalue weighted by molar-refractivity contribution is 7.14. The number of aromatic nitrogens is 1. The van der Waals surface area contributed by atoms with E-state index in [4.69, 9.17) is 0 Å². The second-order valence-corrected chi connectivity index (χ2v) is 6.10. The van der Waals surface area contributed by atoms with Crippen LogP contribution in [0, 0.1) is 0 Å². The van der Waals surface area contributed by atoms with E-state index in [1.54, 1.807) is 5.38 Å². The zero-order chi connectivity index (χ0) is 17.6. The lowest BCUT2D eigenvalue weighted by atomic mass is 10.2. The maximum absolute atomic E-state index is 12.2. The van der Waals surface area contributed by atoms with E-state index in [0.29, 0.717) is 10.8 Å². The quantitative estimate of drug-likeness (QED) is 0.646. The van der Waals surface area contributed by atoms with Crippen LogP contribution in [0.3, 0.4) is 0 Å². The normalized spacial score (nSPS) is 10.1. The third-order valence-electron chi connectivity index (χ3n) is 3.23. The predicted octanol–water partition coefficient (Wildman–Crippen LogP) is 4.10. The maximum Gasteiger partial charge on any atom is 0.275 e. The van der Waals surface area contributed by atoms with Gasteiger partial charge in [-0.05, 0) is 36.4 Å². The lowest BCUT2D eigenvalue weighted by molar-refractivity contribution is -0.114. The summed E-state index contributed by atoms with van der Waals surface area (Å²) in [7, 11) is 0. The highest BCUT2D eigenvalue weighted by atomic mass is 32.1. The fraction of sp³-hybridized carbons (Fsp3) is 0.0556. The molecule has 1 heterocycles. The van der Waals surface area contributed by atoms with E-state index in [9.17, 15) is 9.59 Å². The largest absolute Gasteiger partial charge is 0.356 e. The van der Waals surface area contributed by atoms with Crippen LogP contribution in [0.15, 0.2) is 60.0 Å². The van der Waals surface area contributed by atoms with Crippen LogP contribution in [0.25, 0.3) is 0 Å². The van der Waals surface area contributed by atoms with Crippen LogP contribution >= 0.6 is 11.3 Å². The molecule has 3 N–H and O–H groups in total. The first-order valence-corrected chi connectivity index (χ1v) is 8.45. The molecule has 0 aliphatic rings. The van der Waals surface area contributed by atoms with Gasteiger partial charge in [-0.3, -0.25) is 9.59 Å². The molecule has 7 heteroatoms. The first kappa shape index (κ1) is 16.7. The number of hydrogen-bond acceptors (Lipinski definition) is 5. The molecule has 25 heavy (non-hydrogen) atoms. The number of hydrogen-bond donors (Lipinski definition) is 3. The SMILES string of the molecule is CC(=O)Nc1nc(C(=O)Nc2ccc(Nc3ccccc3)cc2)cs1. The molecule has 0 bridgehead atoms. The van der Waals surface area contributed by atoms with E-state index in [2.05, 4.69) is 20.9 Å². The van der Waals surface area contributed by atoms with Gasteiger partial charge in [0.05, 0.1) is 0 Å². The minimum absolute atomic E-state index is 0.220. The summed E-state index contributed by atoms with van der Waals surface area (Å²) in [5, 5.41) is 10.6. The summed E-state index contributed by atoms with van der Waals surface area (Å²) < 4.78 is 0. The second-order valence-electron chi connectivity index (χ2n) is 5.24. The van der Waals surface area contributed by atoms with Crippen molar-refractivity contribution in [3.05, 3.63) is 65.7 Å². The molecule has 2 amide bonds. The van der Waals surface area contributed by atoms with Crippen molar-refractivity contribution in [2.75, 3.05) is 16.0 Å². The topological polar surface area (TPSA) is 83.1 Å². The molecule has 0 saturated heterocycles. The van der Waals surface area contributed by atoms with Crippen LogP contribution < -0.4 is 16.0 Å². The number of nitrogens with one attached hydrogen (secondary N) is 3. The Bertz CT molecular complexity index is 876. The van der Waals surface area contributed by atoms with Gasteiger partial charge in [-0.1, -0.05) is 18.2 Å². The molecule has 1 aromatic heterocycles. The van der Waals surface area contributed by atoms with E-state index < -0.39 is 0 Å². The van der Waals surface area contributed by atoms with Crippen molar-refractivity contribution in [2.24, 2.45) is 0 Å². The van der Waals surface area contributed by atoms with E-state index in [0.717, 1.165) is 11.4 Å². The summed E-state index contributed by atoms with van der Waals surface area (Å²) in [6.07, 6.45) is 0. The lowest BCUT2D eigenvalue weighted by Crippen LogP contribution is -2.13. The van der Waals surface area contributed by atoms with Gasteiger partial charge in [-0.2, -0.15) is 0 Å². The third-order valence-corrected chi connectivity index (χ3v) is 3.98. The minimum atomic E-state index is -0.323. The fourth-order valence-electron chi connectivity index (χ4n) is 2.11. The number of rotatable bonds is 5. The molecule has 0 atom stereocenters. The number of para-hydroxylation sites is 1. The molecule has 0 aliphatic heterocycles. The average molecular weight is 352 g/mol. The smallest absolute Gasteiger partial charge is 0.275 e. The Morgan fingerprint density at radius 2 is 1.52 bits per heavy atom. The highest BCUT2D eigenvalue weighted by Crippen LogP contribution is 2.20. The van der Waals surface area contributed by atoms with Crippen molar-refractivity contribution in [2.45, 2.75) is 6.92 Å². The number of anilines is 4. The number of thiazole rings is 1. The molecule has 126 valence electrons. The standard InChI is InChI=1S/C18H16N4O2S/c1-12(23)19-18-22-16(11-25-18)17(24)21-15-9-7-14(8-10-15)20-13-5-3-2-4-6-13/h2-11,20H,1H3,(H,21,24)(H,19,22,23). The Kier molecular flexibility index (Phi) is 5.06. The third kappa shape index (κ3) is 4.65. The van der Waals surface area contributed by atoms with E-state index in [1.807, 2.05) is 54.6 Å². The predicted molar refractivity (Wildman–Crippen MR) is 101 cm³/mol. The highest BCUT2D eigenvalue weighted by Gasteiger charge is 2.11. The van der Waals surface area contributed by atoms with Gasteiger partial charge in [0, 0.05) is 29.4 Å². The number of nitrogens with zero attached hydrogens (tertiary/aromatic N) is 1. The Morgan fingerprint density at radius 3 is 2.20 bits per heavy atom. The molecule has 0 saturated carbocycles. The summed E-state index contributed by atoms with van der Waals surface area (Å²) in [5.74, 6) is -0.542. The van der Waals surface area contributed by atoms with Crippen LogP contribution in [0.4, 0.5) is 22.2 Å². The number of carbonyl (C=O) groups excluding carboxylic acids is 2. The Labute approximate surface area is 148 Å². The van der Waals surface area contributed by atoms with Gasteiger partial charge in [-0.15, -0.1) is 11.3 Å². The summed E-state index contributed by atoms with van der Waals surface area (Å²) in [6.45, 7) is 1.40. The van der Waals surface area contributed by atoms with E-state index in [1.165, 1.54) is 18.3 Å². The molecular formula is C18H16N4O2S. The molecular weight excluding hydrogens is 336 g/mol. The van der Waals surface area contributed by atoms with Crippen molar-refractivity contribution < 1.29 is 9.59 Å². The summed E-state index contributed by atoms with van der Waals surface area (Å²) in [4.78, 5) is 27.3. The van der Waals surface area contributed by atoms with Crippen LogP contribution in [0.1, 0.15) is 17.4 Å². The van der Waals surface area contributed by atoms with Gasteiger partial charge >= 0.3 is 0 Å². The average Bonchev–Trinajstić information content (AvgIpc) is 3.05. The summed E-state index contributed by atoms with van der Waals surface area (Å²) >= 11 is 1.21. The van der Waals surface area contributed by atoms with Gasteiger partial charge in [-0.25, -0.2) is 4.98 Å². The number of carbonyl (C=O) groups is 2. The van der Waals surface area contributed by atoms with Crippen LogP contribution in [0.2, 0.25) is 0 Å². The molecule has 0 unspecified atom stereocenters. The first-order valence-electron chi connectivity index (χ1n) is 7.57. The van der Waals surface area contributed by atoms with Gasteiger partial charge in [0.1, 0.15) is 5.69 Å². The van der Waals surface area contributed by atoms with Crippen LogP contribution in [-0.2, 0) is 4.79 Å². The first-order chi connectivity index (χ1) is 12.1. The zero-order valence-corrected chi connectivity index (χ0v) is 14.3. The molecule has 3 rings (SSSR count). The van der Waals surface area contributed by atoms with E-state index in [-0.39, 0.29) is 17.5 Å². The fourth-order valence-corrected chi connectivity index (χ4v) is 2.84. The summed E-state index contributed by atoms with van der Waals surface area (Å²) in [5.41, 5.74) is 2.84. The summed E-state index contributed by atoms with van der Waals surface area (Å²) in [6, 6.07) is 17.2. The Morgan fingerprint density at radius 1 is 0.880 bits per heavy atom. The van der Waals surface area contributed by atoms with Crippen molar-refractivity contribution in [1.29, 1.82) is 0 Å². The lowest BCUT2D eigenvalue weighted by Gasteiger charge is -2.08. The molecule has 0 radical (unpaired) electrons. The monoisotopic (exact) mass is 352 g/mol. The molecule has 0 aliphatic carbocycles. The van der Waals surface area contributed by atoms with Gasteiger partial charge in [0.25, 0.3) is 5.91 Å². The van der Waals surface area contributed by atoms with Crippen molar-refractivity contribution >= 4 is 45.3 Å². The number of amides is 2. The van der Waals surface area contributed by atoms with E-state index >= 15 is 0 Å². The Balaban J connectivity index is 1.62. The van der Waals surface area contributed by atoms with Crippen LogP contribution in [0.5, 0.6) is 0 Å². The van der Waals surface area contributed by atoms with Crippen LogP contribution in [-0.4, -0.2) is 16.8 Å². The maximum atomic E-state index is 12.2. The zero-order valence-electron chi connectivity index (χ0n) is 13.4. The molecule has 3 aromatic rings. The second kappa shape index (κ2) is 7.59. The van der Waals surface area contributed by atoms with Gasteiger partial charge < -0.3 is 16.0 Å². The molecule has 2 aromatic carbocycles. The van der Waals surface area contributed by atoms with Crippen molar-refractivity contribution in [3.8, 4) is 0 Å². The molecule has 0 fully saturated rings. The molecule has 6 nitrogen and oxygen atoms in total.